The third-order valence-corrected chi connectivity index (χ3v) is 8.13. The molecule has 37 heavy (non-hydrogen) atoms. The summed E-state index contributed by atoms with van der Waals surface area (Å²) in [4.78, 5) is 23.7. The minimum absolute atomic E-state index is 0.0164. The lowest BCUT2D eigenvalue weighted by Gasteiger charge is -2.48. The predicted molar refractivity (Wildman–Crippen MR) is 132 cm³/mol. The van der Waals surface area contributed by atoms with Gasteiger partial charge in [-0.2, -0.15) is 18.4 Å². The van der Waals surface area contributed by atoms with Crippen molar-refractivity contribution >= 4 is 33.8 Å². The van der Waals surface area contributed by atoms with Gasteiger partial charge in [-0.05, 0) is 37.8 Å². The number of pyridine rings is 1. The van der Waals surface area contributed by atoms with E-state index in [1.54, 1.807) is 17.8 Å². The zero-order chi connectivity index (χ0) is 26.2. The van der Waals surface area contributed by atoms with Crippen molar-refractivity contribution < 1.29 is 23.1 Å². The van der Waals surface area contributed by atoms with Gasteiger partial charge in [0.1, 0.15) is 17.4 Å². The molecule has 2 aromatic heterocycles. The number of hydrogen-bond donors (Lipinski definition) is 3. The van der Waals surface area contributed by atoms with E-state index in [4.69, 9.17) is 0 Å². The topological polar surface area (TPSA) is 114 Å². The number of alkyl halides is 3. The van der Waals surface area contributed by atoms with E-state index in [-0.39, 0.29) is 40.8 Å². The lowest BCUT2D eigenvalue weighted by Crippen LogP contribution is -2.63. The number of anilines is 1. The second kappa shape index (κ2) is 9.89. The Kier molecular flexibility index (Phi) is 6.78. The van der Waals surface area contributed by atoms with Crippen LogP contribution >= 0.6 is 11.3 Å². The monoisotopic (exact) mass is 530 g/mol. The van der Waals surface area contributed by atoms with Gasteiger partial charge in [0.25, 0.3) is 0 Å². The average molecular weight is 531 g/mol. The summed E-state index contributed by atoms with van der Waals surface area (Å²) in [6.45, 7) is 1.27. The summed E-state index contributed by atoms with van der Waals surface area (Å²) in [6.07, 6.45) is 0.207. The number of halogens is 3. The van der Waals surface area contributed by atoms with E-state index in [1.807, 2.05) is 0 Å². The number of nitrogens with zero attached hydrogens (tertiary/aromatic N) is 4. The number of aromatic nitrogens is 2. The number of nitriles is 1. The highest BCUT2D eigenvalue weighted by molar-refractivity contribution is 7.09. The lowest BCUT2D eigenvalue weighted by atomic mass is 9.80. The van der Waals surface area contributed by atoms with Crippen molar-refractivity contribution in [3.8, 4) is 6.07 Å². The molecular weight excluding hydrogens is 505 g/mol. The van der Waals surface area contributed by atoms with Gasteiger partial charge in [0.2, 0.25) is 5.91 Å². The maximum Gasteiger partial charge on any atom is 0.418 e. The Hall–Kier alpha value is -3.27. The third kappa shape index (κ3) is 5.25. The quantitative estimate of drug-likeness (QED) is 0.446. The molecule has 0 spiro atoms. The average Bonchev–Trinajstić information content (AvgIpc) is 3.40. The van der Waals surface area contributed by atoms with E-state index in [0.717, 1.165) is 23.8 Å². The van der Waals surface area contributed by atoms with Crippen molar-refractivity contribution in [2.24, 2.45) is 0 Å². The molecule has 1 aromatic carbocycles. The van der Waals surface area contributed by atoms with E-state index in [1.165, 1.54) is 29.5 Å². The summed E-state index contributed by atoms with van der Waals surface area (Å²) in [5.74, 6) is -0.289. The van der Waals surface area contributed by atoms with E-state index < -0.39 is 17.3 Å². The second-order valence-corrected chi connectivity index (χ2v) is 10.5. The molecule has 0 atom stereocenters. The van der Waals surface area contributed by atoms with Crippen molar-refractivity contribution in [2.75, 3.05) is 25.0 Å². The smallest absolute Gasteiger partial charge is 0.384 e. The Balaban J connectivity index is 1.14. The number of rotatable bonds is 6. The number of hydrogen-bond acceptors (Lipinski definition) is 8. The van der Waals surface area contributed by atoms with Crippen LogP contribution in [0.3, 0.4) is 0 Å². The van der Waals surface area contributed by atoms with Gasteiger partial charge in [-0.25, -0.2) is 4.98 Å². The summed E-state index contributed by atoms with van der Waals surface area (Å²) in [6, 6.07) is 7.13. The van der Waals surface area contributed by atoms with E-state index >= 15 is 0 Å². The molecule has 2 aliphatic rings. The molecule has 1 aliphatic carbocycles. The third-order valence-electron chi connectivity index (χ3n) is 7.16. The number of likely N-dealkylation sites (tertiary alicyclic amines) is 1. The molecule has 3 aromatic rings. The standard InChI is InChI=1S/C25H25F3N6O2S/c26-25(27,28)19-3-1-2-18-20(8-15(9-29)33-23(18)19)31-11-22(35)32-16-12-34(13-16)17-4-6-24(36,7-5-17)21-10-30-14-37-21/h1-3,8,10,14,16-17,36H,4-7,11-13H2,(H,31,33)(H,32,35). The first kappa shape index (κ1) is 25.4. The zero-order valence-corrected chi connectivity index (χ0v) is 20.6. The number of para-hydroxylation sites is 1. The lowest BCUT2D eigenvalue weighted by molar-refractivity contribution is -0.136. The number of benzene rings is 1. The number of thiazole rings is 1. The van der Waals surface area contributed by atoms with Crippen LogP contribution in [-0.4, -0.2) is 57.6 Å². The van der Waals surface area contributed by atoms with Gasteiger partial charge in [0.15, 0.2) is 0 Å². The van der Waals surface area contributed by atoms with Gasteiger partial charge in [-0.15, -0.1) is 11.3 Å². The summed E-state index contributed by atoms with van der Waals surface area (Å²) in [5.41, 5.74) is -0.259. The molecule has 3 N–H and O–H groups in total. The van der Waals surface area contributed by atoms with Crippen LogP contribution in [0.15, 0.2) is 36.0 Å². The number of nitrogens with one attached hydrogen (secondary N) is 2. The van der Waals surface area contributed by atoms with Crippen molar-refractivity contribution in [3.05, 3.63) is 52.1 Å². The van der Waals surface area contributed by atoms with E-state index in [2.05, 4.69) is 25.5 Å². The maximum absolute atomic E-state index is 13.4. The van der Waals surface area contributed by atoms with Gasteiger partial charge in [-0.3, -0.25) is 14.7 Å². The minimum atomic E-state index is -4.62. The molecule has 3 heterocycles. The summed E-state index contributed by atoms with van der Waals surface area (Å²) in [5, 5.41) is 26.2. The van der Waals surface area contributed by atoms with Gasteiger partial charge < -0.3 is 15.7 Å². The SMILES string of the molecule is N#Cc1cc(NCC(=O)NC2CN(C3CCC(O)(c4cncs4)CC3)C2)c2cccc(C(F)(F)F)c2n1. The van der Waals surface area contributed by atoms with Crippen LogP contribution in [-0.2, 0) is 16.6 Å². The highest BCUT2D eigenvalue weighted by Crippen LogP contribution is 2.41. The zero-order valence-electron chi connectivity index (χ0n) is 19.8. The van der Waals surface area contributed by atoms with Crippen LogP contribution in [0.2, 0.25) is 0 Å². The highest BCUT2D eigenvalue weighted by atomic mass is 32.1. The fraction of sp³-hybridized carbons (Fsp3) is 0.440. The Morgan fingerprint density at radius 1 is 1.30 bits per heavy atom. The Morgan fingerprint density at radius 2 is 2.05 bits per heavy atom. The number of aliphatic hydroxyl groups is 1. The number of fused-ring (bicyclic) bond motifs is 1. The maximum atomic E-state index is 13.4. The molecule has 5 rings (SSSR count). The minimum Gasteiger partial charge on any atom is -0.384 e. The van der Waals surface area contributed by atoms with Crippen LogP contribution < -0.4 is 10.6 Å². The molecule has 1 saturated heterocycles. The van der Waals surface area contributed by atoms with Crippen LogP contribution in [0.5, 0.6) is 0 Å². The van der Waals surface area contributed by atoms with Crippen molar-refractivity contribution in [2.45, 2.75) is 49.5 Å². The van der Waals surface area contributed by atoms with Gasteiger partial charge in [-0.1, -0.05) is 12.1 Å². The van der Waals surface area contributed by atoms with Crippen LogP contribution in [0.4, 0.5) is 18.9 Å². The molecule has 1 aliphatic heterocycles. The molecule has 1 amide bonds. The molecule has 1 saturated carbocycles. The largest absolute Gasteiger partial charge is 0.418 e. The van der Waals surface area contributed by atoms with Crippen molar-refractivity contribution in [1.29, 1.82) is 5.26 Å². The van der Waals surface area contributed by atoms with Crippen molar-refractivity contribution in [3.63, 3.8) is 0 Å². The summed E-state index contributed by atoms with van der Waals surface area (Å²) >= 11 is 1.47. The molecule has 0 unspecified atom stereocenters. The first-order valence-electron chi connectivity index (χ1n) is 12.0. The fourth-order valence-electron chi connectivity index (χ4n) is 5.17. The van der Waals surface area contributed by atoms with Crippen LogP contribution in [0.1, 0.15) is 41.8 Å². The van der Waals surface area contributed by atoms with Crippen molar-refractivity contribution in [1.82, 2.24) is 20.2 Å². The fourth-order valence-corrected chi connectivity index (χ4v) is 5.95. The first-order valence-corrected chi connectivity index (χ1v) is 12.8. The number of carbonyl (C=O) groups excluding carboxylic acids is 1. The Bertz CT molecular complexity index is 1330. The number of carbonyl (C=O) groups is 1. The molecule has 0 radical (unpaired) electrons. The molecule has 0 bridgehead atoms. The molecule has 194 valence electrons. The predicted octanol–water partition coefficient (Wildman–Crippen LogP) is 3.62. The highest BCUT2D eigenvalue weighted by Gasteiger charge is 2.41. The van der Waals surface area contributed by atoms with Crippen LogP contribution in [0.25, 0.3) is 10.9 Å². The Labute approximate surface area is 215 Å². The molecule has 12 heteroatoms. The van der Waals surface area contributed by atoms with E-state index in [0.29, 0.717) is 32.0 Å². The molecular formula is C25H25F3N6O2S. The molecule has 8 nitrogen and oxygen atoms in total. The normalized spacial score (nSPS) is 22.8. The van der Waals surface area contributed by atoms with Gasteiger partial charge >= 0.3 is 6.18 Å². The first-order chi connectivity index (χ1) is 17.7. The Morgan fingerprint density at radius 3 is 2.70 bits per heavy atom. The molecule has 2 fully saturated rings. The van der Waals surface area contributed by atoms with Gasteiger partial charge in [0.05, 0.1) is 34.1 Å². The summed E-state index contributed by atoms with van der Waals surface area (Å²) < 4.78 is 40.3. The van der Waals surface area contributed by atoms with E-state index in [9.17, 15) is 28.3 Å². The summed E-state index contributed by atoms with van der Waals surface area (Å²) in [7, 11) is 0. The van der Waals surface area contributed by atoms with Gasteiger partial charge in [0, 0.05) is 36.4 Å². The second-order valence-electron chi connectivity index (χ2n) is 9.57. The number of amides is 1. The van der Waals surface area contributed by atoms with Crippen LogP contribution in [0, 0.1) is 11.3 Å².